The molecule has 1 heterocycles. The van der Waals surface area contributed by atoms with Crippen molar-refractivity contribution in [1.82, 2.24) is 9.97 Å². The second-order valence-corrected chi connectivity index (χ2v) is 4.87. The molecule has 0 bridgehead atoms. The summed E-state index contributed by atoms with van der Waals surface area (Å²) in [6.07, 6.45) is 6.63. The highest BCUT2D eigenvalue weighted by Crippen LogP contribution is 2.27. The van der Waals surface area contributed by atoms with Gasteiger partial charge >= 0.3 is 0 Å². The van der Waals surface area contributed by atoms with Crippen LogP contribution in [0, 0.1) is 5.92 Å². The van der Waals surface area contributed by atoms with E-state index >= 15 is 0 Å². The Morgan fingerprint density at radius 3 is 2.82 bits per heavy atom. The van der Waals surface area contributed by atoms with Crippen LogP contribution in [0.4, 0.5) is 11.6 Å². The highest BCUT2D eigenvalue weighted by molar-refractivity contribution is 5.47. The minimum atomic E-state index is 0.573. The van der Waals surface area contributed by atoms with Crippen LogP contribution >= 0.6 is 0 Å². The maximum absolute atomic E-state index is 4.28. The van der Waals surface area contributed by atoms with Crippen molar-refractivity contribution in [3.63, 3.8) is 0 Å². The summed E-state index contributed by atoms with van der Waals surface area (Å²) in [7, 11) is 0. The number of aromatic nitrogens is 2. The third kappa shape index (κ3) is 3.32. The summed E-state index contributed by atoms with van der Waals surface area (Å²) in [6.45, 7) is 5.41. The molecule has 17 heavy (non-hydrogen) atoms. The first-order valence-corrected chi connectivity index (χ1v) is 6.62. The summed E-state index contributed by atoms with van der Waals surface area (Å²) >= 11 is 0. The number of rotatable bonds is 5. The van der Waals surface area contributed by atoms with Crippen molar-refractivity contribution < 1.29 is 0 Å². The van der Waals surface area contributed by atoms with Gasteiger partial charge < -0.3 is 10.6 Å². The summed E-state index contributed by atoms with van der Waals surface area (Å²) in [6, 6.07) is 2.57. The summed E-state index contributed by atoms with van der Waals surface area (Å²) in [5.74, 6) is 2.60. The molecule has 2 N–H and O–H groups in total. The quantitative estimate of drug-likeness (QED) is 0.822. The molecule has 1 aromatic heterocycles. The van der Waals surface area contributed by atoms with Gasteiger partial charge in [-0.1, -0.05) is 20.3 Å². The van der Waals surface area contributed by atoms with Crippen LogP contribution in [0.2, 0.25) is 0 Å². The van der Waals surface area contributed by atoms with E-state index in [1.54, 1.807) is 6.33 Å². The van der Waals surface area contributed by atoms with Crippen LogP contribution in [-0.4, -0.2) is 22.6 Å². The van der Waals surface area contributed by atoms with Gasteiger partial charge in [-0.15, -0.1) is 0 Å². The molecule has 1 fully saturated rings. The first kappa shape index (κ1) is 12.1. The number of nitrogens with zero attached hydrogens (tertiary/aromatic N) is 2. The monoisotopic (exact) mass is 234 g/mol. The largest absolute Gasteiger partial charge is 0.370 e. The first-order chi connectivity index (χ1) is 8.29. The maximum atomic E-state index is 4.28. The molecule has 2 rings (SSSR count). The Morgan fingerprint density at radius 1 is 1.29 bits per heavy atom. The van der Waals surface area contributed by atoms with Crippen LogP contribution < -0.4 is 10.6 Å². The Hall–Kier alpha value is -1.32. The first-order valence-electron chi connectivity index (χ1n) is 6.62. The van der Waals surface area contributed by atoms with E-state index in [1.807, 2.05) is 6.07 Å². The summed E-state index contributed by atoms with van der Waals surface area (Å²) in [5.41, 5.74) is 0. The third-order valence-electron chi connectivity index (χ3n) is 3.42. The van der Waals surface area contributed by atoms with Gasteiger partial charge in [0, 0.05) is 18.7 Å². The van der Waals surface area contributed by atoms with E-state index in [2.05, 4.69) is 34.4 Å². The molecule has 1 aliphatic carbocycles. The molecule has 2 unspecified atom stereocenters. The Bertz CT molecular complexity index is 353. The SMILES string of the molecule is CCCNc1cc(NC2CCCC2C)ncn1. The van der Waals surface area contributed by atoms with Crippen LogP contribution in [-0.2, 0) is 0 Å². The molecular weight excluding hydrogens is 212 g/mol. The van der Waals surface area contributed by atoms with Gasteiger partial charge in [-0.25, -0.2) is 9.97 Å². The lowest BCUT2D eigenvalue weighted by atomic mass is 10.1. The Labute approximate surface area is 103 Å². The van der Waals surface area contributed by atoms with Crippen molar-refractivity contribution >= 4 is 11.6 Å². The molecule has 94 valence electrons. The van der Waals surface area contributed by atoms with Crippen molar-refractivity contribution in [2.75, 3.05) is 17.2 Å². The zero-order valence-corrected chi connectivity index (χ0v) is 10.7. The van der Waals surface area contributed by atoms with Gasteiger partial charge in [-0.2, -0.15) is 0 Å². The molecule has 4 heteroatoms. The van der Waals surface area contributed by atoms with Gasteiger partial charge in [0.15, 0.2) is 0 Å². The smallest absolute Gasteiger partial charge is 0.131 e. The van der Waals surface area contributed by atoms with Crippen molar-refractivity contribution in [2.45, 2.75) is 45.6 Å². The second-order valence-electron chi connectivity index (χ2n) is 4.87. The van der Waals surface area contributed by atoms with Crippen LogP contribution in [0.5, 0.6) is 0 Å². The summed E-state index contributed by atoms with van der Waals surface area (Å²) < 4.78 is 0. The maximum Gasteiger partial charge on any atom is 0.131 e. The van der Waals surface area contributed by atoms with Gasteiger partial charge in [0.2, 0.25) is 0 Å². The van der Waals surface area contributed by atoms with E-state index in [0.29, 0.717) is 6.04 Å². The zero-order valence-electron chi connectivity index (χ0n) is 10.7. The van der Waals surface area contributed by atoms with E-state index in [9.17, 15) is 0 Å². The van der Waals surface area contributed by atoms with Crippen LogP contribution in [0.25, 0.3) is 0 Å². The Morgan fingerprint density at radius 2 is 2.12 bits per heavy atom. The van der Waals surface area contributed by atoms with E-state index < -0.39 is 0 Å². The minimum absolute atomic E-state index is 0.573. The second kappa shape index (κ2) is 5.84. The van der Waals surface area contributed by atoms with Crippen molar-refractivity contribution in [2.24, 2.45) is 5.92 Å². The normalized spacial score (nSPS) is 23.6. The topological polar surface area (TPSA) is 49.8 Å². The molecule has 0 radical (unpaired) electrons. The molecule has 0 amide bonds. The van der Waals surface area contributed by atoms with Gasteiger partial charge in [0.1, 0.15) is 18.0 Å². The number of nitrogens with one attached hydrogen (secondary N) is 2. The number of anilines is 2. The van der Waals surface area contributed by atoms with Crippen LogP contribution in [0.15, 0.2) is 12.4 Å². The summed E-state index contributed by atoms with van der Waals surface area (Å²) in [4.78, 5) is 8.49. The van der Waals surface area contributed by atoms with E-state index in [1.165, 1.54) is 19.3 Å². The fourth-order valence-electron chi connectivity index (χ4n) is 2.34. The molecule has 1 aliphatic rings. The van der Waals surface area contributed by atoms with Gasteiger partial charge in [0.05, 0.1) is 0 Å². The lowest BCUT2D eigenvalue weighted by molar-refractivity contribution is 0.555. The molecule has 0 spiro atoms. The van der Waals surface area contributed by atoms with E-state index in [0.717, 1.165) is 30.5 Å². The number of hydrogen-bond donors (Lipinski definition) is 2. The highest BCUT2D eigenvalue weighted by Gasteiger charge is 2.23. The van der Waals surface area contributed by atoms with E-state index in [4.69, 9.17) is 0 Å². The summed E-state index contributed by atoms with van der Waals surface area (Å²) in [5, 5.41) is 6.80. The van der Waals surface area contributed by atoms with Crippen LogP contribution in [0.3, 0.4) is 0 Å². The fraction of sp³-hybridized carbons (Fsp3) is 0.692. The Kier molecular flexibility index (Phi) is 4.18. The predicted molar refractivity (Wildman–Crippen MR) is 71.2 cm³/mol. The molecule has 0 aliphatic heterocycles. The molecule has 0 aromatic carbocycles. The minimum Gasteiger partial charge on any atom is -0.370 e. The average molecular weight is 234 g/mol. The average Bonchev–Trinajstić information content (AvgIpc) is 2.73. The predicted octanol–water partition coefficient (Wildman–Crippen LogP) is 2.90. The van der Waals surface area contributed by atoms with Crippen molar-refractivity contribution in [1.29, 1.82) is 0 Å². The number of hydrogen-bond acceptors (Lipinski definition) is 4. The van der Waals surface area contributed by atoms with Gasteiger partial charge in [0.25, 0.3) is 0 Å². The molecule has 0 saturated heterocycles. The lowest BCUT2D eigenvalue weighted by Crippen LogP contribution is -2.22. The standard InChI is InChI=1S/C13H22N4/c1-3-7-14-12-8-13(16-9-15-12)17-11-6-4-5-10(11)2/h8-11H,3-7H2,1-2H3,(H2,14,15,16,17). The van der Waals surface area contributed by atoms with Gasteiger partial charge in [-0.3, -0.25) is 0 Å². The molecular formula is C13H22N4. The highest BCUT2D eigenvalue weighted by atomic mass is 15.1. The lowest BCUT2D eigenvalue weighted by Gasteiger charge is -2.18. The molecule has 2 atom stereocenters. The fourth-order valence-corrected chi connectivity index (χ4v) is 2.34. The van der Waals surface area contributed by atoms with Crippen molar-refractivity contribution in [3.05, 3.63) is 12.4 Å². The van der Waals surface area contributed by atoms with Crippen LogP contribution in [0.1, 0.15) is 39.5 Å². The zero-order chi connectivity index (χ0) is 12.1. The third-order valence-corrected chi connectivity index (χ3v) is 3.42. The van der Waals surface area contributed by atoms with Gasteiger partial charge in [-0.05, 0) is 25.2 Å². The van der Waals surface area contributed by atoms with E-state index in [-0.39, 0.29) is 0 Å². The molecule has 1 aromatic rings. The molecule has 1 saturated carbocycles. The van der Waals surface area contributed by atoms with Crippen molar-refractivity contribution in [3.8, 4) is 0 Å². The molecule has 4 nitrogen and oxygen atoms in total. The Balaban J connectivity index is 1.95.